The smallest absolute Gasteiger partial charge is 0.269 e. The number of nitrogens with zero attached hydrogens (tertiary/aromatic N) is 4. The SMILES string of the molecule is N#CC1=C(N)O[C@@H](c2ccc([N+](=O)[O-])cc2)C1(C#N)C#N. The van der Waals surface area contributed by atoms with Crippen LogP contribution in [0, 0.1) is 49.5 Å². The molecule has 0 bridgehead atoms. The molecule has 0 aromatic heterocycles. The van der Waals surface area contributed by atoms with E-state index in [1.165, 1.54) is 24.3 Å². The summed E-state index contributed by atoms with van der Waals surface area (Å²) in [5, 5.41) is 38.3. The predicted molar refractivity (Wildman–Crippen MR) is 67.4 cm³/mol. The summed E-state index contributed by atoms with van der Waals surface area (Å²) in [5.74, 6) is -0.288. The molecule has 102 valence electrons. The van der Waals surface area contributed by atoms with E-state index in [1.807, 2.05) is 0 Å². The zero-order chi connectivity index (χ0) is 15.6. The average Bonchev–Trinajstić information content (AvgIpc) is 2.79. The van der Waals surface area contributed by atoms with Crippen molar-refractivity contribution in [2.45, 2.75) is 6.10 Å². The van der Waals surface area contributed by atoms with Crippen molar-refractivity contribution < 1.29 is 9.66 Å². The third-order valence-electron chi connectivity index (χ3n) is 3.15. The van der Waals surface area contributed by atoms with Crippen LogP contribution in [-0.2, 0) is 4.74 Å². The Bertz CT molecular complexity index is 747. The highest BCUT2D eigenvalue weighted by Gasteiger charge is 2.53. The van der Waals surface area contributed by atoms with E-state index in [2.05, 4.69) is 0 Å². The second-order valence-electron chi connectivity index (χ2n) is 4.23. The van der Waals surface area contributed by atoms with E-state index in [-0.39, 0.29) is 17.1 Å². The monoisotopic (exact) mass is 281 g/mol. The fourth-order valence-corrected chi connectivity index (χ4v) is 2.09. The molecular formula is C13H7N5O3. The molecule has 0 aliphatic carbocycles. The van der Waals surface area contributed by atoms with E-state index in [0.29, 0.717) is 5.56 Å². The summed E-state index contributed by atoms with van der Waals surface area (Å²) >= 11 is 0. The van der Waals surface area contributed by atoms with Crippen LogP contribution in [0.1, 0.15) is 11.7 Å². The topological polar surface area (TPSA) is 150 Å². The van der Waals surface area contributed by atoms with Crippen LogP contribution in [0.2, 0.25) is 0 Å². The van der Waals surface area contributed by atoms with Gasteiger partial charge in [0, 0.05) is 12.1 Å². The molecule has 1 aromatic rings. The Morgan fingerprint density at radius 3 is 2.24 bits per heavy atom. The van der Waals surface area contributed by atoms with Gasteiger partial charge in [-0.2, -0.15) is 15.8 Å². The van der Waals surface area contributed by atoms with Crippen LogP contribution in [0.3, 0.4) is 0 Å². The standard InChI is InChI=1S/C13H7N5O3/c14-5-10-12(17)21-11(13(10,6-15)7-16)8-1-3-9(4-2-8)18(19)20/h1-4,11H,17H2/t11-/m0/s1. The molecule has 0 fully saturated rings. The predicted octanol–water partition coefficient (Wildman–Crippen LogP) is 1.39. The van der Waals surface area contributed by atoms with Crippen LogP contribution in [-0.4, -0.2) is 4.92 Å². The van der Waals surface area contributed by atoms with Crippen molar-refractivity contribution in [3.63, 3.8) is 0 Å². The molecular weight excluding hydrogens is 274 g/mol. The lowest BCUT2D eigenvalue weighted by Crippen LogP contribution is -2.24. The van der Waals surface area contributed by atoms with Gasteiger partial charge in [-0.15, -0.1) is 0 Å². The van der Waals surface area contributed by atoms with E-state index >= 15 is 0 Å². The number of benzene rings is 1. The Morgan fingerprint density at radius 1 is 1.24 bits per heavy atom. The lowest BCUT2D eigenvalue weighted by atomic mass is 9.77. The lowest BCUT2D eigenvalue weighted by molar-refractivity contribution is -0.384. The van der Waals surface area contributed by atoms with Gasteiger partial charge in [-0.3, -0.25) is 10.1 Å². The van der Waals surface area contributed by atoms with Crippen molar-refractivity contribution in [2.24, 2.45) is 11.1 Å². The van der Waals surface area contributed by atoms with Gasteiger partial charge in [-0.05, 0) is 17.7 Å². The van der Waals surface area contributed by atoms with Gasteiger partial charge in [0.2, 0.25) is 11.3 Å². The highest BCUT2D eigenvalue weighted by atomic mass is 16.6. The van der Waals surface area contributed by atoms with Gasteiger partial charge in [-0.1, -0.05) is 0 Å². The van der Waals surface area contributed by atoms with Gasteiger partial charge in [0.25, 0.3) is 5.69 Å². The Balaban J connectivity index is 2.52. The summed E-state index contributed by atoms with van der Waals surface area (Å²) in [5.41, 5.74) is 3.63. The molecule has 0 unspecified atom stereocenters. The third-order valence-corrected chi connectivity index (χ3v) is 3.15. The molecule has 21 heavy (non-hydrogen) atoms. The van der Waals surface area contributed by atoms with Crippen molar-refractivity contribution in [2.75, 3.05) is 0 Å². The number of rotatable bonds is 2. The average molecular weight is 281 g/mol. The van der Waals surface area contributed by atoms with Crippen LogP contribution in [0.4, 0.5) is 5.69 Å². The molecule has 0 saturated heterocycles. The molecule has 1 aromatic carbocycles. The summed E-state index contributed by atoms with van der Waals surface area (Å²) in [4.78, 5) is 10.0. The molecule has 2 N–H and O–H groups in total. The van der Waals surface area contributed by atoms with Gasteiger partial charge < -0.3 is 10.5 Å². The minimum absolute atomic E-state index is 0.141. The Kier molecular flexibility index (Phi) is 3.19. The second kappa shape index (κ2) is 4.84. The number of nitro groups is 1. The van der Waals surface area contributed by atoms with E-state index in [4.69, 9.17) is 15.7 Å². The van der Waals surface area contributed by atoms with Gasteiger partial charge in [0.15, 0.2) is 6.10 Å². The molecule has 1 heterocycles. The number of nitriles is 3. The first-order valence-corrected chi connectivity index (χ1v) is 5.64. The van der Waals surface area contributed by atoms with Gasteiger partial charge in [0.1, 0.15) is 11.6 Å². The number of hydrogen-bond donors (Lipinski definition) is 1. The highest BCUT2D eigenvalue weighted by Crippen LogP contribution is 2.48. The fourth-order valence-electron chi connectivity index (χ4n) is 2.09. The van der Waals surface area contributed by atoms with E-state index in [0.717, 1.165) is 0 Å². The van der Waals surface area contributed by atoms with Gasteiger partial charge in [0.05, 0.1) is 17.1 Å². The first-order chi connectivity index (χ1) is 10.00. The summed E-state index contributed by atoms with van der Waals surface area (Å²) in [6.45, 7) is 0. The second-order valence-corrected chi connectivity index (χ2v) is 4.23. The molecule has 1 aliphatic heterocycles. The fraction of sp³-hybridized carbons (Fsp3) is 0.154. The minimum Gasteiger partial charge on any atom is -0.467 e. The maximum atomic E-state index is 10.6. The zero-order valence-electron chi connectivity index (χ0n) is 10.5. The van der Waals surface area contributed by atoms with Crippen LogP contribution in [0.5, 0.6) is 0 Å². The summed E-state index contributed by atoms with van der Waals surface area (Å²) < 4.78 is 5.27. The number of nitrogens with two attached hydrogens (primary N) is 1. The van der Waals surface area contributed by atoms with Crippen LogP contribution in [0.15, 0.2) is 35.7 Å². The van der Waals surface area contributed by atoms with Crippen molar-refractivity contribution in [1.29, 1.82) is 15.8 Å². The Hall–Kier alpha value is -3.57. The molecule has 0 spiro atoms. The number of nitro benzene ring substituents is 1. The van der Waals surface area contributed by atoms with Crippen LogP contribution >= 0.6 is 0 Å². The molecule has 0 radical (unpaired) electrons. The maximum Gasteiger partial charge on any atom is 0.269 e. The van der Waals surface area contributed by atoms with Gasteiger partial charge in [-0.25, -0.2) is 0 Å². The van der Waals surface area contributed by atoms with Gasteiger partial charge >= 0.3 is 0 Å². The molecule has 8 heteroatoms. The van der Waals surface area contributed by atoms with Crippen molar-refractivity contribution in [1.82, 2.24) is 0 Å². The normalized spacial score (nSPS) is 19.0. The molecule has 1 atom stereocenters. The van der Waals surface area contributed by atoms with Crippen LogP contribution < -0.4 is 5.73 Å². The van der Waals surface area contributed by atoms with Crippen molar-refractivity contribution in [3.8, 4) is 18.2 Å². The van der Waals surface area contributed by atoms with Crippen LogP contribution in [0.25, 0.3) is 0 Å². The molecule has 8 nitrogen and oxygen atoms in total. The first-order valence-electron chi connectivity index (χ1n) is 5.64. The molecule has 0 saturated carbocycles. The highest BCUT2D eigenvalue weighted by molar-refractivity contribution is 5.50. The summed E-state index contributed by atoms with van der Waals surface area (Å²) in [6, 6.07) is 10.4. The van der Waals surface area contributed by atoms with E-state index in [1.54, 1.807) is 18.2 Å². The minimum atomic E-state index is -1.87. The van der Waals surface area contributed by atoms with E-state index < -0.39 is 16.4 Å². The lowest BCUT2D eigenvalue weighted by Gasteiger charge is -2.20. The molecule has 2 rings (SSSR count). The first kappa shape index (κ1) is 13.9. The Labute approximate surface area is 119 Å². The quantitative estimate of drug-likeness (QED) is 0.635. The summed E-state index contributed by atoms with van der Waals surface area (Å²) in [7, 11) is 0. The van der Waals surface area contributed by atoms with Crippen molar-refractivity contribution in [3.05, 3.63) is 51.4 Å². The Morgan fingerprint density at radius 2 is 1.81 bits per heavy atom. The largest absolute Gasteiger partial charge is 0.467 e. The number of non-ortho nitro benzene ring substituents is 1. The summed E-state index contributed by atoms with van der Waals surface area (Å²) in [6.07, 6.45) is -1.11. The third kappa shape index (κ3) is 1.90. The zero-order valence-corrected chi connectivity index (χ0v) is 10.5. The number of hydrogen-bond acceptors (Lipinski definition) is 7. The van der Waals surface area contributed by atoms with Crippen molar-refractivity contribution >= 4 is 5.69 Å². The maximum absolute atomic E-state index is 10.6. The van der Waals surface area contributed by atoms with E-state index in [9.17, 15) is 20.6 Å². The molecule has 0 amide bonds. The molecule has 1 aliphatic rings. The number of ether oxygens (including phenoxy) is 1.